The molecule has 110 valence electrons. The van der Waals surface area contributed by atoms with Gasteiger partial charge in [-0.3, -0.25) is 4.79 Å². The van der Waals surface area contributed by atoms with Crippen molar-refractivity contribution in [3.63, 3.8) is 0 Å². The fourth-order valence-electron chi connectivity index (χ4n) is 2.54. The van der Waals surface area contributed by atoms with E-state index in [2.05, 4.69) is 11.9 Å². The minimum atomic E-state index is 0.0807. The van der Waals surface area contributed by atoms with Crippen molar-refractivity contribution in [2.45, 2.75) is 13.0 Å². The van der Waals surface area contributed by atoms with E-state index in [0.717, 1.165) is 20.9 Å². The Morgan fingerprint density at radius 3 is 2.95 bits per heavy atom. The molecule has 3 heterocycles. The van der Waals surface area contributed by atoms with Crippen molar-refractivity contribution in [1.29, 1.82) is 0 Å². The summed E-state index contributed by atoms with van der Waals surface area (Å²) >= 11 is 7.57. The Kier molecular flexibility index (Phi) is 3.97. The summed E-state index contributed by atoms with van der Waals surface area (Å²) in [5, 5.41) is 0.460. The fraction of sp³-hybridized carbons (Fsp3) is 0.333. The maximum Gasteiger partial charge on any atom is 0.255 e. The van der Waals surface area contributed by atoms with Crippen LogP contribution in [0.1, 0.15) is 28.2 Å². The van der Waals surface area contributed by atoms with Crippen LogP contribution in [0, 0.1) is 0 Å². The first-order valence-electron chi connectivity index (χ1n) is 6.67. The fourth-order valence-corrected chi connectivity index (χ4v) is 3.92. The molecule has 1 aliphatic rings. The average Bonchev–Trinajstić information content (AvgIpc) is 2.99. The topological polar surface area (TPSA) is 42.4 Å². The van der Waals surface area contributed by atoms with Crippen molar-refractivity contribution in [3.05, 3.63) is 40.0 Å². The molecular formula is C15H15ClN2O2S. The minimum Gasteiger partial charge on any atom is -0.383 e. The van der Waals surface area contributed by atoms with Crippen LogP contribution >= 0.6 is 22.9 Å². The third kappa shape index (κ3) is 2.57. The first-order valence-corrected chi connectivity index (χ1v) is 7.87. The molecule has 1 amide bonds. The largest absolute Gasteiger partial charge is 0.383 e. The number of hydrogen-bond acceptors (Lipinski definition) is 4. The van der Waals surface area contributed by atoms with Crippen LogP contribution in [0.25, 0.3) is 10.4 Å². The lowest BCUT2D eigenvalue weighted by molar-refractivity contribution is 0.0668. The molecule has 1 unspecified atom stereocenters. The summed E-state index contributed by atoms with van der Waals surface area (Å²) < 4.78 is 5.07. The molecule has 0 N–H and O–H groups in total. The number of carbonyl (C=O) groups is 1. The average molecular weight is 323 g/mol. The summed E-state index contributed by atoms with van der Waals surface area (Å²) in [5.41, 5.74) is 1.80. The molecule has 0 saturated heterocycles. The molecule has 0 radical (unpaired) electrons. The molecule has 21 heavy (non-hydrogen) atoms. The lowest BCUT2D eigenvalue weighted by atomic mass is 10.2. The molecule has 6 heteroatoms. The molecule has 0 spiro atoms. The van der Waals surface area contributed by atoms with Crippen LogP contribution in [0.2, 0.25) is 5.15 Å². The molecule has 0 saturated carbocycles. The number of hydrogen-bond donors (Lipinski definition) is 0. The number of carbonyl (C=O) groups excluding carboxylic acids is 1. The summed E-state index contributed by atoms with van der Waals surface area (Å²) in [7, 11) is 1.65. The number of halogens is 1. The van der Waals surface area contributed by atoms with Crippen molar-refractivity contribution in [2.75, 3.05) is 20.3 Å². The van der Waals surface area contributed by atoms with Gasteiger partial charge in [-0.1, -0.05) is 11.6 Å². The smallest absolute Gasteiger partial charge is 0.255 e. The van der Waals surface area contributed by atoms with Crippen LogP contribution in [0.5, 0.6) is 0 Å². The van der Waals surface area contributed by atoms with Gasteiger partial charge in [0, 0.05) is 29.6 Å². The van der Waals surface area contributed by atoms with E-state index in [4.69, 9.17) is 16.3 Å². The first kappa shape index (κ1) is 14.5. The zero-order chi connectivity index (χ0) is 15.0. The van der Waals surface area contributed by atoms with E-state index in [1.807, 2.05) is 23.1 Å². The van der Waals surface area contributed by atoms with E-state index in [0.29, 0.717) is 18.3 Å². The second-order valence-electron chi connectivity index (χ2n) is 4.92. The second-order valence-corrected chi connectivity index (χ2v) is 6.39. The van der Waals surface area contributed by atoms with Gasteiger partial charge in [0.2, 0.25) is 0 Å². The maximum absolute atomic E-state index is 12.5. The highest BCUT2D eigenvalue weighted by Gasteiger charge is 2.35. The quantitative estimate of drug-likeness (QED) is 0.807. The van der Waals surface area contributed by atoms with Crippen LogP contribution in [-0.2, 0) is 4.74 Å². The van der Waals surface area contributed by atoms with Gasteiger partial charge < -0.3 is 9.64 Å². The van der Waals surface area contributed by atoms with Gasteiger partial charge in [-0.05, 0) is 30.7 Å². The molecule has 3 rings (SSSR count). The zero-order valence-electron chi connectivity index (χ0n) is 11.8. The number of aromatic nitrogens is 1. The number of thiophene rings is 1. The van der Waals surface area contributed by atoms with Crippen molar-refractivity contribution >= 4 is 28.8 Å². The van der Waals surface area contributed by atoms with E-state index in [1.165, 1.54) is 0 Å². The van der Waals surface area contributed by atoms with E-state index in [-0.39, 0.29) is 11.9 Å². The summed E-state index contributed by atoms with van der Waals surface area (Å²) in [6, 6.07) is 5.78. The predicted octanol–water partition coefficient (Wildman–Crippen LogP) is 3.63. The van der Waals surface area contributed by atoms with Crippen molar-refractivity contribution in [2.24, 2.45) is 0 Å². The van der Waals surface area contributed by atoms with Gasteiger partial charge in [0.05, 0.1) is 18.2 Å². The van der Waals surface area contributed by atoms with E-state index < -0.39 is 0 Å². The van der Waals surface area contributed by atoms with E-state index in [9.17, 15) is 4.79 Å². The standard InChI is InChI=1S/C15H15ClN2O2S/c1-9-14-11(15(19)18(9)5-6-20-2)8-12(21-14)10-3-4-17-13(16)7-10/h3-4,7-9H,5-6H2,1-2H3. The Bertz CT molecular complexity index is 686. The molecule has 0 bridgehead atoms. The number of ether oxygens (including phenoxy) is 1. The third-order valence-corrected chi connectivity index (χ3v) is 5.21. The maximum atomic E-state index is 12.5. The number of fused-ring (bicyclic) bond motifs is 1. The molecule has 0 aromatic carbocycles. The monoisotopic (exact) mass is 322 g/mol. The Balaban J connectivity index is 1.91. The van der Waals surface area contributed by atoms with E-state index >= 15 is 0 Å². The summed E-state index contributed by atoms with van der Waals surface area (Å²) in [4.78, 5) is 20.5. The third-order valence-electron chi connectivity index (χ3n) is 3.65. The Labute approximate surface area is 132 Å². The molecular weight excluding hydrogens is 308 g/mol. The minimum absolute atomic E-state index is 0.0807. The van der Waals surface area contributed by atoms with Gasteiger partial charge in [-0.25, -0.2) is 4.98 Å². The number of pyridine rings is 1. The Morgan fingerprint density at radius 2 is 2.29 bits per heavy atom. The van der Waals surface area contributed by atoms with Gasteiger partial charge in [-0.15, -0.1) is 11.3 Å². The SMILES string of the molecule is COCCN1C(=O)c2cc(-c3ccnc(Cl)c3)sc2C1C. The summed E-state index contributed by atoms with van der Waals surface area (Å²) in [6.07, 6.45) is 1.68. The van der Waals surface area contributed by atoms with Gasteiger partial charge in [-0.2, -0.15) is 0 Å². The number of rotatable bonds is 4. The van der Waals surface area contributed by atoms with Crippen LogP contribution in [0.3, 0.4) is 0 Å². The Hall–Kier alpha value is -1.43. The number of methoxy groups -OCH3 is 1. The van der Waals surface area contributed by atoms with E-state index in [1.54, 1.807) is 24.6 Å². The highest BCUT2D eigenvalue weighted by molar-refractivity contribution is 7.16. The summed E-state index contributed by atoms with van der Waals surface area (Å²) in [5.74, 6) is 0.0807. The van der Waals surface area contributed by atoms with Gasteiger partial charge >= 0.3 is 0 Å². The Morgan fingerprint density at radius 1 is 1.48 bits per heavy atom. The molecule has 1 aliphatic heterocycles. The summed E-state index contributed by atoms with van der Waals surface area (Å²) in [6.45, 7) is 3.23. The van der Waals surface area contributed by atoms with Crippen LogP contribution in [0.15, 0.2) is 24.4 Å². The van der Waals surface area contributed by atoms with Crippen molar-refractivity contribution in [1.82, 2.24) is 9.88 Å². The highest BCUT2D eigenvalue weighted by Crippen LogP contribution is 2.42. The van der Waals surface area contributed by atoms with Crippen LogP contribution < -0.4 is 0 Å². The van der Waals surface area contributed by atoms with Crippen molar-refractivity contribution in [3.8, 4) is 10.4 Å². The number of nitrogens with zero attached hydrogens (tertiary/aromatic N) is 2. The first-order chi connectivity index (χ1) is 10.1. The normalized spacial score (nSPS) is 17.4. The molecule has 0 aliphatic carbocycles. The predicted molar refractivity (Wildman–Crippen MR) is 83.9 cm³/mol. The zero-order valence-corrected chi connectivity index (χ0v) is 13.4. The van der Waals surface area contributed by atoms with Crippen LogP contribution in [0.4, 0.5) is 0 Å². The molecule has 0 fully saturated rings. The van der Waals surface area contributed by atoms with Gasteiger partial charge in [0.1, 0.15) is 5.15 Å². The van der Waals surface area contributed by atoms with Gasteiger partial charge in [0.25, 0.3) is 5.91 Å². The molecule has 1 atom stereocenters. The lowest BCUT2D eigenvalue weighted by Gasteiger charge is -2.21. The lowest BCUT2D eigenvalue weighted by Crippen LogP contribution is -2.30. The van der Waals surface area contributed by atoms with Crippen molar-refractivity contribution < 1.29 is 9.53 Å². The molecule has 2 aromatic heterocycles. The molecule has 4 nitrogen and oxygen atoms in total. The molecule has 2 aromatic rings. The highest BCUT2D eigenvalue weighted by atomic mass is 35.5. The van der Waals surface area contributed by atoms with Crippen LogP contribution in [-0.4, -0.2) is 36.1 Å². The van der Waals surface area contributed by atoms with Gasteiger partial charge in [0.15, 0.2) is 0 Å². The number of amides is 1. The second kappa shape index (κ2) is 5.75.